The van der Waals surface area contributed by atoms with E-state index < -0.39 is 0 Å². The molecule has 1 aromatic carbocycles. The molecule has 2 saturated heterocycles. The molecule has 0 unspecified atom stereocenters. The van der Waals surface area contributed by atoms with Crippen LogP contribution in [0.15, 0.2) is 30.5 Å². The van der Waals surface area contributed by atoms with Crippen molar-refractivity contribution in [2.75, 3.05) is 31.5 Å². The summed E-state index contributed by atoms with van der Waals surface area (Å²) in [6, 6.07) is 8.34. The summed E-state index contributed by atoms with van der Waals surface area (Å²) >= 11 is 0. The normalized spacial score (nSPS) is 17.1. The van der Waals surface area contributed by atoms with Crippen LogP contribution >= 0.6 is 0 Å². The second-order valence-corrected chi connectivity index (χ2v) is 9.11. The lowest BCUT2D eigenvalue weighted by molar-refractivity contribution is -0.0248. The third kappa shape index (κ3) is 2.98. The summed E-state index contributed by atoms with van der Waals surface area (Å²) in [4.78, 5) is 19.9. The first-order valence-electron chi connectivity index (χ1n) is 10.7. The van der Waals surface area contributed by atoms with Crippen LogP contribution in [0.25, 0.3) is 5.65 Å². The number of carbonyl (C=O) groups is 1. The van der Waals surface area contributed by atoms with E-state index in [0.717, 1.165) is 48.9 Å². The second kappa shape index (κ2) is 6.84. The number of nitrogens with zero attached hydrogens (tertiary/aromatic N) is 3. The Morgan fingerprint density at radius 2 is 1.87 bits per heavy atom. The van der Waals surface area contributed by atoms with E-state index in [-0.39, 0.29) is 5.91 Å². The summed E-state index contributed by atoms with van der Waals surface area (Å²) in [7, 11) is 0. The summed E-state index contributed by atoms with van der Waals surface area (Å²) < 4.78 is 2.05. The Kier molecular flexibility index (Phi) is 4.36. The van der Waals surface area contributed by atoms with Gasteiger partial charge in [0.25, 0.3) is 5.91 Å². The predicted molar refractivity (Wildman–Crippen MR) is 119 cm³/mol. The highest BCUT2D eigenvalue weighted by atomic mass is 16.2. The molecule has 4 heterocycles. The van der Waals surface area contributed by atoms with Crippen molar-refractivity contribution >= 4 is 17.2 Å². The highest BCUT2D eigenvalue weighted by Gasteiger charge is 2.49. The Balaban J connectivity index is 1.47. The maximum atomic E-state index is 13.2. The summed E-state index contributed by atoms with van der Waals surface area (Å²) in [5.41, 5.74) is 8.68. The first-order chi connectivity index (χ1) is 14.4. The smallest absolute Gasteiger partial charge is 0.255 e. The molecule has 2 aliphatic heterocycles. The second-order valence-electron chi connectivity index (χ2n) is 9.11. The molecule has 2 N–H and O–H groups in total. The van der Waals surface area contributed by atoms with Gasteiger partial charge in [0.1, 0.15) is 0 Å². The molecule has 30 heavy (non-hydrogen) atoms. The zero-order valence-corrected chi connectivity index (χ0v) is 18.2. The zero-order valence-electron chi connectivity index (χ0n) is 18.2. The Labute approximate surface area is 177 Å². The monoisotopic (exact) mass is 403 g/mol. The molecule has 2 aromatic heterocycles. The third-order valence-electron chi connectivity index (χ3n) is 6.88. The third-order valence-corrected chi connectivity index (χ3v) is 6.88. The van der Waals surface area contributed by atoms with Gasteiger partial charge in [-0.2, -0.15) is 0 Å². The zero-order chi connectivity index (χ0) is 21.0. The number of nitrogens with one attached hydrogen (secondary N) is 2. The fourth-order valence-corrected chi connectivity index (χ4v) is 4.72. The Morgan fingerprint density at radius 3 is 2.50 bits per heavy atom. The van der Waals surface area contributed by atoms with Crippen molar-refractivity contribution in [3.05, 3.63) is 64.1 Å². The molecule has 0 aliphatic carbocycles. The Morgan fingerprint density at radius 1 is 1.17 bits per heavy atom. The quantitative estimate of drug-likeness (QED) is 0.702. The summed E-state index contributed by atoms with van der Waals surface area (Å²) in [6.07, 6.45) is 1.95. The predicted octanol–water partition coefficient (Wildman–Crippen LogP) is 3.23. The molecule has 0 radical (unpaired) electrons. The lowest BCUT2D eigenvalue weighted by atomic mass is 9.74. The molecular formula is C24H29N5O. The van der Waals surface area contributed by atoms with Crippen molar-refractivity contribution < 1.29 is 4.79 Å². The van der Waals surface area contributed by atoms with Crippen LogP contribution in [0.5, 0.6) is 0 Å². The highest BCUT2D eigenvalue weighted by molar-refractivity contribution is 5.96. The molecule has 2 fully saturated rings. The minimum atomic E-state index is 0.107. The van der Waals surface area contributed by atoms with Crippen LogP contribution in [-0.2, 0) is 6.54 Å². The number of carbonyl (C=O) groups excluding carboxylic acids is 1. The number of aromatic nitrogens is 2. The maximum absolute atomic E-state index is 13.2. The van der Waals surface area contributed by atoms with Crippen molar-refractivity contribution in [2.45, 2.75) is 34.2 Å². The van der Waals surface area contributed by atoms with Crippen molar-refractivity contribution in [2.24, 2.45) is 5.41 Å². The van der Waals surface area contributed by atoms with Gasteiger partial charge in [-0.15, -0.1) is 0 Å². The molecule has 6 heteroatoms. The van der Waals surface area contributed by atoms with Gasteiger partial charge in [-0.1, -0.05) is 18.2 Å². The lowest BCUT2D eigenvalue weighted by Gasteiger charge is -2.56. The fourth-order valence-electron chi connectivity index (χ4n) is 4.72. The largest absolute Gasteiger partial charge is 0.378 e. The molecule has 0 atom stereocenters. The number of benzene rings is 1. The van der Waals surface area contributed by atoms with E-state index >= 15 is 0 Å². The van der Waals surface area contributed by atoms with E-state index in [1.54, 1.807) is 0 Å². The Bertz CT molecular complexity index is 1130. The number of rotatable bonds is 4. The minimum Gasteiger partial charge on any atom is -0.378 e. The van der Waals surface area contributed by atoms with E-state index in [2.05, 4.69) is 54.0 Å². The summed E-state index contributed by atoms with van der Waals surface area (Å²) in [5, 5.41) is 6.90. The minimum absolute atomic E-state index is 0.107. The number of hydrogen-bond acceptors (Lipinski definition) is 4. The maximum Gasteiger partial charge on any atom is 0.255 e. The van der Waals surface area contributed by atoms with Crippen molar-refractivity contribution in [1.82, 2.24) is 19.6 Å². The molecule has 1 spiro atoms. The van der Waals surface area contributed by atoms with Gasteiger partial charge in [-0.3, -0.25) is 4.79 Å². The van der Waals surface area contributed by atoms with Crippen LogP contribution < -0.4 is 10.6 Å². The molecule has 5 rings (SSSR count). The molecule has 3 aromatic rings. The van der Waals surface area contributed by atoms with Crippen LogP contribution in [0.3, 0.4) is 0 Å². The molecule has 2 aliphatic rings. The molecule has 0 saturated carbocycles. The van der Waals surface area contributed by atoms with E-state index in [1.165, 1.54) is 16.7 Å². The SMILES string of the molecule is Cc1cccc(C)c1CNc1cc(C(=O)N2CC3(CNC3)C2)cn2c(C)c(C)nc12. The topological polar surface area (TPSA) is 61.7 Å². The van der Waals surface area contributed by atoms with Crippen LogP contribution in [0.1, 0.15) is 38.4 Å². The van der Waals surface area contributed by atoms with E-state index in [9.17, 15) is 4.79 Å². The number of fused-ring (bicyclic) bond motifs is 1. The number of aryl methyl sites for hydroxylation is 4. The van der Waals surface area contributed by atoms with Gasteiger partial charge in [0.2, 0.25) is 0 Å². The van der Waals surface area contributed by atoms with Crippen molar-refractivity contribution in [3.8, 4) is 0 Å². The van der Waals surface area contributed by atoms with Crippen LogP contribution in [0.4, 0.5) is 5.69 Å². The highest BCUT2D eigenvalue weighted by Crippen LogP contribution is 2.35. The van der Waals surface area contributed by atoms with Crippen LogP contribution in [0, 0.1) is 33.1 Å². The number of amides is 1. The van der Waals surface area contributed by atoms with E-state index in [4.69, 9.17) is 4.98 Å². The van der Waals surface area contributed by atoms with Gasteiger partial charge >= 0.3 is 0 Å². The fraction of sp³-hybridized carbons (Fsp3) is 0.417. The van der Waals surface area contributed by atoms with Gasteiger partial charge in [0.05, 0.1) is 16.9 Å². The lowest BCUT2D eigenvalue weighted by Crippen LogP contribution is -2.71. The van der Waals surface area contributed by atoms with Crippen LogP contribution in [0.2, 0.25) is 0 Å². The molecule has 1 amide bonds. The summed E-state index contributed by atoms with van der Waals surface area (Å²) in [6.45, 7) is 12.8. The van der Waals surface area contributed by atoms with Gasteiger partial charge < -0.3 is 19.9 Å². The number of anilines is 1. The van der Waals surface area contributed by atoms with Gasteiger partial charge in [-0.25, -0.2) is 4.98 Å². The van der Waals surface area contributed by atoms with Crippen molar-refractivity contribution in [1.29, 1.82) is 0 Å². The number of pyridine rings is 1. The van der Waals surface area contributed by atoms with Crippen molar-refractivity contribution in [3.63, 3.8) is 0 Å². The summed E-state index contributed by atoms with van der Waals surface area (Å²) in [5.74, 6) is 0.107. The molecule has 156 valence electrons. The Hall–Kier alpha value is -2.86. The van der Waals surface area contributed by atoms with Gasteiger partial charge in [0.15, 0.2) is 5.65 Å². The first kappa shape index (κ1) is 19.1. The first-order valence-corrected chi connectivity index (χ1v) is 10.7. The molecule has 0 bridgehead atoms. The van der Waals surface area contributed by atoms with Crippen LogP contribution in [-0.4, -0.2) is 46.4 Å². The number of likely N-dealkylation sites (tertiary alicyclic amines) is 1. The average molecular weight is 404 g/mol. The average Bonchev–Trinajstić information content (AvgIpc) is 2.93. The van der Waals surface area contributed by atoms with Gasteiger partial charge in [0, 0.05) is 50.0 Å². The molecular weight excluding hydrogens is 374 g/mol. The standard InChI is InChI=1S/C24H29N5O/c1-15-6-5-7-16(2)20(15)9-26-21-8-19(10-29-18(4)17(3)27-22(21)29)23(30)28-13-24(14-28)11-25-12-24/h5-8,10,25-26H,9,11-14H2,1-4H3. The van der Waals surface area contributed by atoms with E-state index in [1.807, 2.05) is 24.1 Å². The van der Waals surface area contributed by atoms with Gasteiger partial charge in [-0.05, 0) is 50.5 Å². The number of hydrogen-bond donors (Lipinski definition) is 2. The van der Waals surface area contributed by atoms with E-state index in [0.29, 0.717) is 17.5 Å². The number of imidazole rings is 1. The molecule has 6 nitrogen and oxygen atoms in total.